The zero-order valence-corrected chi connectivity index (χ0v) is 20.4. The maximum Gasteiger partial charge on any atom is 0.306 e. The van der Waals surface area contributed by atoms with Crippen molar-refractivity contribution in [3.63, 3.8) is 0 Å². The lowest BCUT2D eigenvalue weighted by molar-refractivity contribution is -0.147. The first-order chi connectivity index (χ1) is 15.9. The average Bonchev–Trinajstić information content (AvgIpc) is 3.05. The lowest BCUT2D eigenvalue weighted by Gasteiger charge is -2.23. The summed E-state index contributed by atoms with van der Waals surface area (Å²) < 4.78 is 5.14. The van der Waals surface area contributed by atoms with Gasteiger partial charge in [0, 0.05) is 6.42 Å². The monoisotopic (exact) mass is 460 g/mol. The van der Waals surface area contributed by atoms with Crippen molar-refractivity contribution in [3.05, 3.63) is 48.0 Å². The Morgan fingerprint density at radius 3 is 2.48 bits per heavy atom. The second-order valence-electron chi connectivity index (χ2n) is 9.80. The van der Waals surface area contributed by atoms with Crippen LogP contribution >= 0.6 is 0 Å². The SMILES string of the molecule is CC(C)OC(=O)CCCCC/C=C\C[C@@H]1[C@@H](CC[C@@H](O)CCc2ccccc2)[C@H](O)C[C@@H]1O. The molecule has 1 aliphatic carbocycles. The molecule has 0 amide bonds. The van der Waals surface area contributed by atoms with Crippen LogP contribution in [0.15, 0.2) is 42.5 Å². The molecular weight excluding hydrogens is 416 g/mol. The van der Waals surface area contributed by atoms with E-state index in [2.05, 4.69) is 24.3 Å². The minimum Gasteiger partial charge on any atom is -0.463 e. The van der Waals surface area contributed by atoms with E-state index in [1.807, 2.05) is 32.0 Å². The predicted octanol–water partition coefficient (Wildman–Crippen LogP) is 4.97. The summed E-state index contributed by atoms with van der Waals surface area (Å²) in [5.41, 5.74) is 1.23. The van der Waals surface area contributed by atoms with Crippen LogP contribution in [0.2, 0.25) is 0 Å². The molecule has 5 heteroatoms. The van der Waals surface area contributed by atoms with Crippen LogP contribution in [0.25, 0.3) is 0 Å². The van der Waals surface area contributed by atoms with E-state index in [9.17, 15) is 20.1 Å². The Labute approximate surface area is 199 Å². The molecule has 1 aliphatic rings. The van der Waals surface area contributed by atoms with Crippen molar-refractivity contribution < 1.29 is 24.9 Å². The molecule has 0 spiro atoms. The van der Waals surface area contributed by atoms with Crippen LogP contribution in [0, 0.1) is 11.8 Å². The maximum atomic E-state index is 11.5. The van der Waals surface area contributed by atoms with Crippen molar-refractivity contribution in [2.75, 3.05) is 0 Å². The van der Waals surface area contributed by atoms with Crippen LogP contribution < -0.4 is 0 Å². The summed E-state index contributed by atoms with van der Waals surface area (Å²) in [5, 5.41) is 31.3. The van der Waals surface area contributed by atoms with Gasteiger partial charge in [0.2, 0.25) is 0 Å². The highest BCUT2D eigenvalue weighted by Gasteiger charge is 2.40. The number of carbonyl (C=O) groups excluding carboxylic acids is 1. The van der Waals surface area contributed by atoms with Gasteiger partial charge in [-0.2, -0.15) is 0 Å². The van der Waals surface area contributed by atoms with Gasteiger partial charge in [-0.15, -0.1) is 0 Å². The number of ether oxygens (including phenoxy) is 1. The van der Waals surface area contributed by atoms with Gasteiger partial charge in [-0.1, -0.05) is 48.9 Å². The van der Waals surface area contributed by atoms with E-state index in [-0.39, 0.29) is 30.0 Å². The van der Waals surface area contributed by atoms with Gasteiger partial charge in [0.1, 0.15) is 0 Å². The zero-order chi connectivity index (χ0) is 24.1. The van der Waals surface area contributed by atoms with Gasteiger partial charge in [0.15, 0.2) is 0 Å². The molecule has 3 N–H and O–H groups in total. The molecule has 0 radical (unpaired) electrons. The van der Waals surface area contributed by atoms with Crippen LogP contribution in [0.5, 0.6) is 0 Å². The van der Waals surface area contributed by atoms with Gasteiger partial charge < -0.3 is 20.1 Å². The van der Waals surface area contributed by atoms with Crippen LogP contribution in [-0.4, -0.2) is 45.7 Å². The summed E-state index contributed by atoms with van der Waals surface area (Å²) in [6.45, 7) is 3.73. The molecule has 186 valence electrons. The molecule has 5 atom stereocenters. The smallest absolute Gasteiger partial charge is 0.306 e. The first-order valence-corrected chi connectivity index (χ1v) is 12.8. The Morgan fingerprint density at radius 1 is 1.03 bits per heavy atom. The number of benzene rings is 1. The van der Waals surface area contributed by atoms with Crippen LogP contribution in [0.4, 0.5) is 0 Å². The van der Waals surface area contributed by atoms with Crippen LogP contribution in [0.3, 0.4) is 0 Å². The number of aryl methyl sites for hydroxylation is 1. The van der Waals surface area contributed by atoms with Crippen molar-refractivity contribution in [2.24, 2.45) is 11.8 Å². The van der Waals surface area contributed by atoms with E-state index in [1.165, 1.54) is 5.56 Å². The number of aliphatic hydroxyl groups excluding tert-OH is 3. The van der Waals surface area contributed by atoms with E-state index in [4.69, 9.17) is 4.74 Å². The summed E-state index contributed by atoms with van der Waals surface area (Å²) in [7, 11) is 0. The van der Waals surface area contributed by atoms with Gasteiger partial charge in [0.05, 0.1) is 24.4 Å². The van der Waals surface area contributed by atoms with Gasteiger partial charge in [-0.05, 0) is 89.0 Å². The highest BCUT2D eigenvalue weighted by Crippen LogP contribution is 2.38. The molecule has 2 rings (SSSR count). The number of allylic oxidation sites excluding steroid dienone is 2. The van der Waals surface area contributed by atoms with Crippen LogP contribution in [-0.2, 0) is 16.0 Å². The van der Waals surface area contributed by atoms with E-state index in [0.29, 0.717) is 19.3 Å². The normalized spacial score (nSPS) is 23.9. The third-order valence-electron chi connectivity index (χ3n) is 6.66. The van der Waals surface area contributed by atoms with E-state index < -0.39 is 12.2 Å². The van der Waals surface area contributed by atoms with Crippen molar-refractivity contribution >= 4 is 5.97 Å². The second-order valence-corrected chi connectivity index (χ2v) is 9.80. The van der Waals surface area contributed by atoms with E-state index in [1.54, 1.807) is 0 Å². The summed E-state index contributed by atoms with van der Waals surface area (Å²) in [6, 6.07) is 10.2. The number of esters is 1. The molecule has 1 aromatic carbocycles. The van der Waals surface area contributed by atoms with Gasteiger partial charge >= 0.3 is 5.97 Å². The first-order valence-electron chi connectivity index (χ1n) is 12.8. The molecule has 0 aromatic heterocycles. The van der Waals surface area contributed by atoms with E-state index in [0.717, 1.165) is 51.4 Å². The lowest BCUT2D eigenvalue weighted by atomic mass is 9.85. The van der Waals surface area contributed by atoms with Crippen molar-refractivity contribution in [1.29, 1.82) is 0 Å². The summed E-state index contributed by atoms with van der Waals surface area (Å²) in [4.78, 5) is 11.5. The Morgan fingerprint density at radius 2 is 1.76 bits per heavy atom. The number of unbranched alkanes of at least 4 members (excludes halogenated alkanes) is 3. The molecule has 1 fully saturated rings. The minimum absolute atomic E-state index is 0.0306. The van der Waals surface area contributed by atoms with Crippen molar-refractivity contribution in [3.8, 4) is 0 Å². The third kappa shape index (κ3) is 10.9. The zero-order valence-electron chi connectivity index (χ0n) is 20.4. The Bertz CT molecular complexity index is 687. The highest BCUT2D eigenvalue weighted by atomic mass is 16.5. The lowest BCUT2D eigenvalue weighted by Crippen LogP contribution is -2.23. The molecule has 0 heterocycles. The van der Waals surface area contributed by atoms with Gasteiger partial charge in [-0.25, -0.2) is 0 Å². The molecular formula is C28H44O5. The quantitative estimate of drug-likeness (QED) is 0.195. The first kappa shape index (κ1) is 27.6. The average molecular weight is 461 g/mol. The van der Waals surface area contributed by atoms with Gasteiger partial charge in [-0.3, -0.25) is 4.79 Å². The maximum absolute atomic E-state index is 11.5. The minimum atomic E-state index is -0.495. The Kier molecular flexibility index (Phi) is 12.7. The number of hydrogen-bond donors (Lipinski definition) is 3. The fourth-order valence-electron chi connectivity index (χ4n) is 4.81. The number of aliphatic hydroxyl groups is 3. The van der Waals surface area contributed by atoms with Crippen molar-refractivity contribution in [1.82, 2.24) is 0 Å². The molecule has 0 aliphatic heterocycles. The van der Waals surface area contributed by atoms with E-state index >= 15 is 0 Å². The largest absolute Gasteiger partial charge is 0.463 e. The fourth-order valence-corrected chi connectivity index (χ4v) is 4.81. The molecule has 0 saturated heterocycles. The summed E-state index contributed by atoms with van der Waals surface area (Å²) >= 11 is 0. The molecule has 0 unspecified atom stereocenters. The summed E-state index contributed by atoms with van der Waals surface area (Å²) in [6.07, 6.45) is 11.3. The number of carbonyl (C=O) groups is 1. The Hall–Kier alpha value is -1.69. The van der Waals surface area contributed by atoms with Crippen LogP contribution in [0.1, 0.15) is 83.6 Å². The fraction of sp³-hybridized carbons (Fsp3) is 0.679. The molecule has 33 heavy (non-hydrogen) atoms. The molecule has 1 saturated carbocycles. The number of hydrogen-bond acceptors (Lipinski definition) is 5. The summed E-state index contributed by atoms with van der Waals surface area (Å²) in [5.74, 6) is -0.0445. The molecule has 0 bridgehead atoms. The topological polar surface area (TPSA) is 87.0 Å². The molecule has 1 aromatic rings. The number of rotatable bonds is 15. The van der Waals surface area contributed by atoms with Gasteiger partial charge in [0.25, 0.3) is 0 Å². The van der Waals surface area contributed by atoms with Crippen molar-refractivity contribution in [2.45, 2.75) is 109 Å². The predicted molar refractivity (Wildman–Crippen MR) is 132 cm³/mol. The standard InChI is InChI=1S/C28H44O5/c1-21(2)33-28(32)15-11-6-4-3-5-10-14-24-25(27(31)20-26(24)30)19-18-23(29)17-16-22-12-8-7-9-13-22/h5,7-10,12-13,21,23-27,29-31H,3-4,6,11,14-20H2,1-2H3/b10-5-/t23-,24+,25+,26-,27+/m0/s1. The second kappa shape index (κ2) is 15.3. The molecule has 5 nitrogen and oxygen atoms in total. The third-order valence-corrected chi connectivity index (χ3v) is 6.66. The highest BCUT2D eigenvalue weighted by molar-refractivity contribution is 5.69. The Balaban J connectivity index is 1.64.